The second-order valence-corrected chi connectivity index (χ2v) is 3.06. The minimum atomic E-state index is 0.531. The van der Waals surface area contributed by atoms with E-state index >= 15 is 0 Å². The quantitative estimate of drug-likeness (QED) is 0.403. The molecule has 1 aromatic carbocycles. The summed E-state index contributed by atoms with van der Waals surface area (Å²) in [7, 11) is 1.69. The first-order valence-corrected chi connectivity index (χ1v) is 4.84. The lowest BCUT2D eigenvalue weighted by Gasteiger charge is -2.04. The van der Waals surface area contributed by atoms with Crippen molar-refractivity contribution in [3.8, 4) is 0 Å². The van der Waals surface area contributed by atoms with Crippen LogP contribution in [0.2, 0.25) is 0 Å². The molecule has 2 nitrogen and oxygen atoms in total. The Labute approximate surface area is 90.8 Å². The van der Waals surface area contributed by atoms with E-state index in [9.17, 15) is 0 Å². The van der Waals surface area contributed by atoms with Crippen LogP contribution in [0.1, 0.15) is 11.1 Å². The highest BCUT2D eigenvalue weighted by Gasteiger charge is 1.96. The molecule has 0 heterocycles. The second-order valence-electron chi connectivity index (χ2n) is 3.06. The largest absolute Gasteiger partial charge is 0.497 e. The van der Waals surface area contributed by atoms with Gasteiger partial charge in [-0.3, -0.25) is 0 Å². The molecule has 0 fully saturated rings. The predicted molar refractivity (Wildman–Crippen MR) is 62.3 cm³/mol. The topological polar surface area (TPSA) is 18.5 Å². The average Bonchev–Trinajstić information content (AvgIpc) is 2.27. The molecular formula is C13H16O2. The Hall–Kier alpha value is -1.54. The van der Waals surface area contributed by atoms with Gasteiger partial charge in [-0.2, -0.15) is 0 Å². The van der Waals surface area contributed by atoms with Gasteiger partial charge in [0.05, 0.1) is 12.9 Å². The third-order valence-electron chi connectivity index (χ3n) is 1.91. The summed E-state index contributed by atoms with van der Waals surface area (Å²) in [4.78, 5) is 0. The van der Waals surface area contributed by atoms with Crippen LogP contribution in [0.4, 0.5) is 0 Å². The molecule has 0 unspecified atom stereocenters. The summed E-state index contributed by atoms with van der Waals surface area (Å²) in [6.45, 7) is 4.72. The first kappa shape index (κ1) is 11.5. The lowest BCUT2D eigenvalue weighted by Crippen LogP contribution is -1.90. The van der Waals surface area contributed by atoms with Crippen LogP contribution in [0.25, 0.3) is 6.08 Å². The van der Waals surface area contributed by atoms with Crippen LogP contribution in [0.3, 0.4) is 0 Å². The number of hydrogen-bond acceptors (Lipinski definition) is 2. The van der Waals surface area contributed by atoms with Gasteiger partial charge in [-0.25, -0.2) is 0 Å². The molecule has 0 saturated heterocycles. The van der Waals surface area contributed by atoms with Gasteiger partial charge in [0, 0.05) is 7.11 Å². The van der Waals surface area contributed by atoms with Crippen LogP contribution in [0, 0.1) is 0 Å². The molecule has 1 aromatic rings. The normalized spacial score (nSPS) is 10.5. The highest BCUT2D eigenvalue weighted by Crippen LogP contribution is 2.11. The van der Waals surface area contributed by atoms with Crippen LogP contribution in [-0.4, -0.2) is 13.7 Å². The molecule has 0 aliphatic rings. The van der Waals surface area contributed by atoms with Crippen LogP contribution in [0.15, 0.2) is 43.2 Å². The maximum absolute atomic E-state index is 5.18. The molecule has 0 saturated carbocycles. The van der Waals surface area contributed by atoms with Gasteiger partial charge >= 0.3 is 0 Å². The fourth-order valence-corrected chi connectivity index (χ4v) is 1.23. The third-order valence-corrected chi connectivity index (χ3v) is 1.91. The zero-order chi connectivity index (χ0) is 10.9. The Morgan fingerprint density at radius 3 is 2.87 bits per heavy atom. The molecule has 1 rings (SSSR count). The van der Waals surface area contributed by atoms with Crippen LogP contribution in [-0.2, 0) is 16.1 Å². The van der Waals surface area contributed by atoms with E-state index in [1.807, 2.05) is 30.3 Å². The number of ether oxygens (including phenoxy) is 2. The molecule has 0 spiro atoms. The SMILES string of the molecule is C=CCO/C=C/c1ccccc1COC. The zero-order valence-electron chi connectivity index (χ0n) is 8.98. The van der Waals surface area contributed by atoms with E-state index < -0.39 is 0 Å². The summed E-state index contributed by atoms with van der Waals surface area (Å²) in [6, 6.07) is 8.06. The van der Waals surface area contributed by atoms with E-state index in [1.54, 1.807) is 19.4 Å². The molecule has 0 aliphatic heterocycles. The van der Waals surface area contributed by atoms with E-state index in [2.05, 4.69) is 6.58 Å². The van der Waals surface area contributed by atoms with E-state index in [-0.39, 0.29) is 0 Å². The van der Waals surface area contributed by atoms with Crippen molar-refractivity contribution < 1.29 is 9.47 Å². The highest BCUT2D eigenvalue weighted by molar-refractivity contribution is 5.52. The second kappa shape index (κ2) is 6.85. The molecule has 0 N–H and O–H groups in total. The minimum Gasteiger partial charge on any atom is -0.497 e. The number of rotatable bonds is 6. The lowest BCUT2D eigenvalue weighted by molar-refractivity contribution is 0.184. The Balaban J connectivity index is 2.65. The Bertz CT molecular complexity index is 329. The van der Waals surface area contributed by atoms with Crippen molar-refractivity contribution in [2.75, 3.05) is 13.7 Å². The van der Waals surface area contributed by atoms with Crippen LogP contribution < -0.4 is 0 Å². The van der Waals surface area contributed by atoms with E-state index in [1.165, 1.54) is 0 Å². The molecular weight excluding hydrogens is 188 g/mol. The molecule has 0 aliphatic carbocycles. The van der Waals surface area contributed by atoms with Gasteiger partial charge in [-0.15, -0.1) is 0 Å². The van der Waals surface area contributed by atoms with Gasteiger partial charge in [-0.1, -0.05) is 36.9 Å². The summed E-state index contributed by atoms with van der Waals surface area (Å²) in [6.07, 6.45) is 5.32. The van der Waals surface area contributed by atoms with Crippen molar-refractivity contribution in [2.24, 2.45) is 0 Å². The Morgan fingerprint density at radius 1 is 1.33 bits per heavy atom. The summed E-state index contributed by atoms with van der Waals surface area (Å²) in [5, 5.41) is 0. The maximum atomic E-state index is 5.18. The monoisotopic (exact) mass is 204 g/mol. The van der Waals surface area contributed by atoms with Crippen molar-refractivity contribution >= 4 is 6.08 Å². The molecule has 0 atom stereocenters. The zero-order valence-corrected chi connectivity index (χ0v) is 8.98. The van der Waals surface area contributed by atoms with E-state index in [4.69, 9.17) is 9.47 Å². The third kappa shape index (κ3) is 4.00. The molecule has 0 bridgehead atoms. The van der Waals surface area contributed by atoms with Crippen molar-refractivity contribution in [1.29, 1.82) is 0 Å². The number of benzene rings is 1. The number of hydrogen-bond donors (Lipinski definition) is 0. The molecule has 2 heteroatoms. The standard InChI is InChI=1S/C13H16O2/c1-3-9-15-10-8-12-6-4-5-7-13(12)11-14-2/h3-8,10H,1,9,11H2,2H3/b10-8+. The molecule has 0 radical (unpaired) electrons. The minimum absolute atomic E-state index is 0.531. The first-order valence-electron chi connectivity index (χ1n) is 4.84. The molecule has 0 aromatic heterocycles. The van der Waals surface area contributed by atoms with Gasteiger partial charge in [0.15, 0.2) is 0 Å². The average molecular weight is 204 g/mol. The van der Waals surface area contributed by atoms with Gasteiger partial charge in [-0.05, 0) is 17.2 Å². The molecule has 0 amide bonds. The van der Waals surface area contributed by atoms with E-state index in [0.29, 0.717) is 13.2 Å². The lowest BCUT2D eigenvalue weighted by atomic mass is 10.1. The first-order chi connectivity index (χ1) is 7.38. The van der Waals surface area contributed by atoms with Crippen molar-refractivity contribution in [1.82, 2.24) is 0 Å². The predicted octanol–water partition coefficient (Wildman–Crippen LogP) is 3.01. The molecule has 15 heavy (non-hydrogen) atoms. The summed E-state index contributed by atoms with van der Waals surface area (Å²) < 4.78 is 10.3. The van der Waals surface area contributed by atoms with Crippen molar-refractivity contribution in [2.45, 2.75) is 6.61 Å². The van der Waals surface area contributed by atoms with Crippen LogP contribution >= 0.6 is 0 Å². The van der Waals surface area contributed by atoms with Crippen LogP contribution in [0.5, 0.6) is 0 Å². The summed E-state index contributed by atoms with van der Waals surface area (Å²) >= 11 is 0. The Morgan fingerprint density at radius 2 is 2.13 bits per heavy atom. The fraction of sp³-hybridized carbons (Fsp3) is 0.231. The molecule has 80 valence electrons. The highest BCUT2D eigenvalue weighted by atomic mass is 16.5. The van der Waals surface area contributed by atoms with Gasteiger partial charge < -0.3 is 9.47 Å². The summed E-state index contributed by atoms with van der Waals surface area (Å²) in [5.74, 6) is 0. The fourth-order valence-electron chi connectivity index (χ4n) is 1.23. The van der Waals surface area contributed by atoms with Crippen molar-refractivity contribution in [3.63, 3.8) is 0 Å². The van der Waals surface area contributed by atoms with Gasteiger partial charge in [0.2, 0.25) is 0 Å². The smallest absolute Gasteiger partial charge is 0.105 e. The van der Waals surface area contributed by atoms with Gasteiger partial charge in [0.1, 0.15) is 6.61 Å². The van der Waals surface area contributed by atoms with Gasteiger partial charge in [0.25, 0.3) is 0 Å². The summed E-state index contributed by atoms with van der Waals surface area (Å²) in [5.41, 5.74) is 2.27. The Kier molecular flexibility index (Phi) is 5.26. The van der Waals surface area contributed by atoms with E-state index in [0.717, 1.165) is 11.1 Å². The number of methoxy groups -OCH3 is 1. The van der Waals surface area contributed by atoms with Crippen molar-refractivity contribution in [3.05, 3.63) is 54.3 Å². The maximum Gasteiger partial charge on any atom is 0.105 e.